The number of rotatable bonds is 4. The zero-order valence-corrected chi connectivity index (χ0v) is 8.71. The highest BCUT2D eigenvalue weighted by molar-refractivity contribution is 4.76. The minimum atomic E-state index is -0.290. The van der Waals surface area contributed by atoms with Gasteiger partial charge in [0.1, 0.15) is 0 Å². The summed E-state index contributed by atoms with van der Waals surface area (Å²) in [6.07, 6.45) is 8.28. The molecule has 2 heteroatoms. The van der Waals surface area contributed by atoms with Crippen molar-refractivity contribution >= 4 is 0 Å². The van der Waals surface area contributed by atoms with Gasteiger partial charge in [0.2, 0.25) is 0 Å². The molecule has 0 aromatic heterocycles. The highest BCUT2D eigenvalue weighted by Crippen LogP contribution is 2.27. The van der Waals surface area contributed by atoms with Crippen molar-refractivity contribution in [3.63, 3.8) is 0 Å². The summed E-state index contributed by atoms with van der Waals surface area (Å²) in [5.74, 6) is 0.782. The van der Waals surface area contributed by atoms with E-state index < -0.39 is 0 Å². The van der Waals surface area contributed by atoms with Crippen molar-refractivity contribution in [3.05, 3.63) is 0 Å². The lowest BCUT2D eigenvalue weighted by Gasteiger charge is -2.26. The Morgan fingerprint density at radius 3 is 2.46 bits per heavy atom. The van der Waals surface area contributed by atoms with Crippen LogP contribution in [0, 0.1) is 5.92 Å². The van der Waals surface area contributed by atoms with Crippen molar-refractivity contribution in [2.75, 3.05) is 0 Å². The molecule has 0 bridgehead atoms. The van der Waals surface area contributed by atoms with Crippen LogP contribution in [0.4, 0.5) is 0 Å². The van der Waals surface area contributed by atoms with Gasteiger partial charge in [0.15, 0.2) is 0 Å². The molecule has 2 unspecified atom stereocenters. The Balaban J connectivity index is 2.21. The average Bonchev–Trinajstić information content (AvgIpc) is 2.18. The van der Waals surface area contributed by atoms with Crippen molar-refractivity contribution < 1.29 is 5.11 Å². The van der Waals surface area contributed by atoms with Crippen LogP contribution >= 0.6 is 0 Å². The van der Waals surface area contributed by atoms with Crippen LogP contribution in [-0.4, -0.2) is 17.3 Å². The molecule has 0 saturated heterocycles. The predicted octanol–water partition coefficient (Wildman–Crippen LogP) is 2.05. The molecule has 0 aromatic rings. The minimum Gasteiger partial charge on any atom is -0.392 e. The molecule has 0 radical (unpaired) electrons. The van der Waals surface area contributed by atoms with Gasteiger partial charge in [-0.15, -0.1) is 0 Å². The van der Waals surface area contributed by atoms with Crippen LogP contribution in [0.15, 0.2) is 0 Å². The summed E-state index contributed by atoms with van der Waals surface area (Å²) in [5.41, 5.74) is 5.91. The molecular formula is C11H23NO. The number of aliphatic hydroxyl groups is 1. The van der Waals surface area contributed by atoms with E-state index in [1.807, 2.05) is 6.92 Å². The first kappa shape index (κ1) is 11.0. The summed E-state index contributed by atoms with van der Waals surface area (Å²) in [4.78, 5) is 0. The maximum atomic E-state index is 9.53. The number of hydrogen-bond donors (Lipinski definition) is 2. The Morgan fingerprint density at radius 1 is 1.31 bits per heavy atom. The Labute approximate surface area is 81.5 Å². The molecule has 3 N–H and O–H groups in total. The van der Waals surface area contributed by atoms with E-state index in [1.54, 1.807) is 0 Å². The third-order valence-corrected chi connectivity index (χ3v) is 3.24. The number of hydrogen-bond acceptors (Lipinski definition) is 2. The van der Waals surface area contributed by atoms with Crippen LogP contribution < -0.4 is 5.73 Å². The second-order valence-corrected chi connectivity index (χ2v) is 4.38. The highest BCUT2D eigenvalue weighted by atomic mass is 16.3. The summed E-state index contributed by atoms with van der Waals surface area (Å²) >= 11 is 0. The molecule has 0 spiro atoms. The Hall–Kier alpha value is -0.0800. The van der Waals surface area contributed by atoms with Gasteiger partial charge in [-0.1, -0.05) is 39.0 Å². The largest absolute Gasteiger partial charge is 0.392 e. The summed E-state index contributed by atoms with van der Waals surface area (Å²) in [7, 11) is 0. The van der Waals surface area contributed by atoms with Gasteiger partial charge in [0, 0.05) is 6.04 Å². The summed E-state index contributed by atoms with van der Waals surface area (Å²) in [6.45, 7) is 1.99. The summed E-state index contributed by atoms with van der Waals surface area (Å²) < 4.78 is 0. The fourth-order valence-corrected chi connectivity index (χ4v) is 2.27. The van der Waals surface area contributed by atoms with Crippen LogP contribution in [0.2, 0.25) is 0 Å². The van der Waals surface area contributed by atoms with Crippen LogP contribution in [0.25, 0.3) is 0 Å². The molecule has 1 fully saturated rings. The first-order valence-corrected chi connectivity index (χ1v) is 5.67. The SMILES string of the molecule is CCC(O)C(N)CC1CCCCC1. The average molecular weight is 185 g/mol. The molecule has 1 saturated carbocycles. The van der Waals surface area contributed by atoms with Crippen molar-refractivity contribution in [3.8, 4) is 0 Å². The first-order chi connectivity index (χ1) is 6.24. The standard InChI is InChI=1S/C11H23NO/c1-2-11(13)10(12)8-9-6-4-3-5-7-9/h9-11,13H,2-8,12H2,1H3. The summed E-state index contributed by atoms with van der Waals surface area (Å²) in [5, 5.41) is 9.53. The van der Waals surface area contributed by atoms with Crippen molar-refractivity contribution in [1.82, 2.24) is 0 Å². The van der Waals surface area contributed by atoms with Crippen LogP contribution in [0.1, 0.15) is 51.9 Å². The van der Waals surface area contributed by atoms with E-state index in [-0.39, 0.29) is 12.1 Å². The molecule has 0 heterocycles. The molecule has 1 aliphatic rings. The maximum absolute atomic E-state index is 9.53. The molecule has 0 aromatic carbocycles. The summed E-state index contributed by atoms with van der Waals surface area (Å²) in [6, 6.07) is 0.00750. The second kappa shape index (κ2) is 5.61. The van der Waals surface area contributed by atoms with E-state index in [2.05, 4.69) is 0 Å². The molecule has 1 rings (SSSR count). The molecule has 2 atom stereocenters. The smallest absolute Gasteiger partial charge is 0.0688 e. The van der Waals surface area contributed by atoms with Crippen molar-refractivity contribution in [2.45, 2.75) is 64.0 Å². The van der Waals surface area contributed by atoms with Gasteiger partial charge in [-0.25, -0.2) is 0 Å². The normalized spacial score (nSPS) is 24.2. The van der Waals surface area contributed by atoms with Gasteiger partial charge in [-0.3, -0.25) is 0 Å². The van der Waals surface area contributed by atoms with E-state index in [9.17, 15) is 5.11 Å². The molecule has 1 aliphatic carbocycles. The van der Waals surface area contributed by atoms with Crippen LogP contribution in [0.3, 0.4) is 0 Å². The van der Waals surface area contributed by atoms with Gasteiger partial charge in [-0.05, 0) is 18.8 Å². The topological polar surface area (TPSA) is 46.2 Å². The predicted molar refractivity (Wildman–Crippen MR) is 55.5 cm³/mol. The number of nitrogens with two attached hydrogens (primary N) is 1. The Bertz CT molecular complexity index is 132. The van der Waals surface area contributed by atoms with Crippen molar-refractivity contribution in [2.24, 2.45) is 11.7 Å². The fourth-order valence-electron chi connectivity index (χ4n) is 2.27. The quantitative estimate of drug-likeness (QED) is 0.704. The molecular weight excluding hydrogens is 162 g/mol. The van der Waals surface area contributed by atoms with E-state index in [0.717, 1.165) is 18.8 Å². The lowest BCUT2D eigenvalue weighted by Crippen LogP contribution is -2.36. The molecule has 2 nitrogen and oxygen atoms in total. The number of aliphatic hydroxyl groups excluding tert-OH is 1. The maximum Gasteiger partial charge on any atom is 0.0688 e. The monoisotopic (exact) mass is 185 g/mol. The zero-order chi connectivity index (χ0) is 9.68. The van der Waals surface area contributed by atoms with Gasteiger partial charge >= 0.3 is 0 Å². The van der Waals surface area contributed by atoms with Crippen LogP contribution in [0.5, 0.6) is 0 Å². The fraction of sp³-hybridized carbons (Fsp3) is 1.00. The molecule has 78 valence electrons. The lowest BCUT2D eigenvalue weighted by molar-refractivity contribution is 0.123. The van der Waals surface area contributed by atoms with Gasteiger partial charge < -0.3 is 10.8 Å². The Kier molecular flexibility index (Phi) is 4.74. The molecule has 0 amide bonds. The third-order valence-electron chi connectivity index (χ3n) is 3.24. The van der Waals surface area contributed by atoms with E-state index >= 15 is 0 Å². The van der Waals surface area contributed by atoms with Gasteiger partial charge in [0.05, 0.1) is 6.10 Å². The second-order valence-electron chi connectivity index (χ2n) is 4.38. The van der Waals surface area contributed by atoms with E-state index in [0.29, 0.717) is 0 Å². The first-order valence-electron chi connectivity index (χ1n) is 5.67. The Morgan fingerprint density at radius 2 is 1.92 bits per heavy atom. The minimum absolute atomic E-state index is 0.00750. The van der Waals surface area contributed by atoms with E-state index in [1.165, 1.54) is 32.1 Å². The lowest BCUT2D eigenvalue weighted by atomic mass is 9.84. The zero-order valence-electron chi connectivity index (χ0n) is 8.71. The molecule has 0 aliphatic heterocycles. The van der Waals surface area contributed by atoms with E-state index in [4.69, 9.17) is 5.73 Å². The van der Waals surface area contributed by atoms with Gasteiger partial charge in [0.25, 0.3) is 0 Å². The third kappa shape index (κ3) is 3.65. The highest BCUT2D eigenvalue weighted by Gasteiger charge is 2.20. The molecule has 13 heavy (non-hydrogen) atoms. The van der Waals surface area contributed by atoms with Gasteiger partial charge in [-0.2, -0.15) is 0 Å². The van der Waals surface area contributed by atoms with Crippen LogP contribution in [-0.2, 0) is 0 Å². The van der Waals surface area contributed by atoms with Crippen molar-refractivity contribution in [1.29, 1.82) is 0 Å².